The van der Waals surface area contributed by atoms with Crippen LogP contribution in [0.2, 0.25) is 15.1 Å². The molecule has 1 aromatic carbocycles. The van der Waals surface area contributed by atoms with Crippen LogP contribution in [0.15, 0.2) is 66.1 Å². The van der Waals surface area contributed by atoms with E-state index in [4.69, 9.17) is 0 Å². The molecule has 0 unspecified atom stereocenters. The molecule has 5 aromatic heterocycles. The molecule has 5 heterocycles. The third-order valence-electron chi connectivity index (χ3n) is 9.67. The number of nitrogens with zero attached hydrogens (tertiary/aromatic N) is 4. The summed E-state index contributed by atoms with van der Waals surface area (Å²) in [4.78, 5) is 41.7. The Morgan fingerprint density at radius 2 is 1.51 bits per heavy atom. The van der Waals surface area contributed by atoms with Crippen molar-refractivity contribution in [3.8, 4) is 11.1 Å². The van der Waals surface area contributed by atoms with Gasteiger partial charge in [0.1, 0.15) is 28.8 Å². The number of imidazole rings is 1. The maximum Gasteiger partial charge on any atom is 0.275 e. The van der Waals surface area contributed by atoms with Gasteiger partial charge in [-0.1, -0.05) is 62.3 Å². The summed E-state index contributed by atoms with van der Waals surface area (Å²) in [6.45, 7) is 21.4. The minimum atomic E-state index is -2.26. The first-order valence-electron chi connectivity index (χ1n) is 16.2. The molecule has 0 aliphatic carbocycles. The van der Waals surface area contributed by atoms with Crippen molar-refractivity contribution in [3.05, 3.63) is 106 Å². The Morgan fingerprint density at radius 1 is 0.878 bits per heavy atom. The van der Waals surface area contributed by atoms with Gasteiger partial charge in [0.25, 0.3) is 5.56 Å². The number of aromatic nitrogens is 6. The zero-order valence-electron chi connectivity index (χ0n) is 29.2. The van der Waals surface area contributed by atoms with Gasteiger partial charge in [0, 0.05) is 59.0 Å². The van der Waals surface area contributed by atoms with E-state index in [0.29, 0.717) is 23.6 Å². The van der Waals surface area contributed by atoms with E-state index in [1.54, 1.807) is 0 Å². The van der Waals surface area contributed by atoms with Crippen molar-refractivity contribution < 1.29 is 18.0 Å². The van der Waals surface area contributed by atoms with Crippen molar-refractivity contribution in [3.63, 3.8) is 0 Å². The zero-order valence-corrected chi connectivity index (χ0v) is 30.2. The fraction of sp³-hybridized carbons (Fsp3) is 0.351. The Morgan fingerprint density at radius 3 is 2.12 bits per heavy atom. The van der Waals surface area contributed by atoms with Crippen molar-refractivity contribution in [1.82, 2.24) is 28.7 Å². The van der Waals surface area contributed by atoms with Crippen LogP contribution in [0.3, 0.4) is 0 Å². The van der Waals surface area contributed by atoms with E-state index < -0.39 is 42.6 Å². The predicted molar refractivity (Wildman–Crippen MR) is 189 cm³/mol. The number of carbonyl (C=O) groups is 1. The lowest BCUT2D eigenvalue weighted by molar-refractivity contribution is 0.103. The molecule has 0 saturated heterocycles. The first kappa shape index (κ1) is 34.2. The van der Waals surface area contributed by atoms with Gasteiger partial charge in [0.05, 0.1) is 17.6 Å². The van der Waals surface area contributed by atoms with Crippen LogP contribution >= 0.6 is 0 Å². The molecule has 0 aliphatic rings. The zero-order chi connectivity index (χ0) is 35.8. The van der Waals surface area contributed by atoms with E-state index in [1.807, 2.05) is 12.3 Å². The number of halogens is 3. The maximum atomic E-state index is 14.3. The van der Waals surface area contributed by atoms with Crippen LogP contribution in [0.4, 0.5) is 13.2 Å². The first-order valence-corrected chi connectivity index (χ1v) is 18.1. The van der Waals surface area contributed by atoms with Crippen LogP contribution in [0.25, 0.3) is 33.2 Å². The van der Waals surface area contributed by atoms with Gasteiger partial charge in [0.2, 0.25) is 5.78 Å². The van der Waals surface area contributed by atoms with Crippen molar-refractivity contribution in [2.24, 2.45) is 0 Å². The number of aromatic amines is 2. The summed E-state index contributed by atoms with van der Waals surface area (Å²) in [7, 11) is -2.26. The largest absolute Gasteiger partial charge is 0.378 e. The van der Waals surface area contributed by atoms with Gasteiger partial charge in [-0.2, -0.15) is 0 Å². The van der Waals surface area contributed by atoms with Gasteiger partial charge >= 0.3 is 0 Å². The summed E-state index contributed by atoms with van der Waals surface area (Å²) in [5, 5.41) is 0.388. The van der Waals surface area contributed by atoms with Crippen LogP contribution in [0.5, 0.6) is 0 Å². The Kier molecular flexibility index (Phi) is 7.97. The number of hydrogen-bond donors (Lipinski definition) is 2. The highest BCUT2D eigenvalue weighted by Crippen LogP contribution is 2.62. The summed E-state index contributed by atoms with van der Waals surface area (Å²) in [5.41, 5.74) is 1.84. The third kappa shape index (κ3) is 5.46. The van der Waals surface area contributed by atoms with Crippen LogP contribution in [0, 0.1) is 17.5 Å². The summed E-state index contributed by atoms with van der Waals surface area (Å²) in [5.74, 6) is -4.28. The molecule has 0 saturated carbocycles. The molecule has 0 radical (unpaired) electrons. The highest BCUT2D eigenvalue weighted by molar-refractivity contribution is 6.86. The van der Waals surface area contributed by atoms with Crippen molar-refractivity contribution in [2.75, 3.05) is 0 Å². The molecule has 0 aliphatic heterocycles. The number of carbonyl (C=O) groups excluding carboxylic acids is 1. The molecule has 0 atom stereocenters. The van der Waals surface area contributed by atoms with E-state index in [2.05, 4.69) is 105 Å². The summed E-state index contributed by atoms with van der Waals surface area (Å²) < 4.78 is 46.0. The molecule has 6 aromatic rings. The molecule has 0 spiro atoms. The van der Waals surface area contributed by atoms with Crippen molar-refractivity contribution >= 4 is 36.1 Å². The quantitative estimate of drug-likeness (QED) is 0.135. The van der Waals surface area contributed by atoms with E-state index >= 15 is 0 Å². The molecule has 0 bridgehead atoms. The Labute approximate surface area is 283 Å². The Bertz CT molecular complexity index is 2250. The summed E-state index contributed by atoms with van der Waals surface area (Å²) in [6.07, 6.45) is 9.00. The normalized spacial score (nSPS) is 13.1. The van der Waals surface area contributed by atoms with Crippen molar-refractivity contribution in [2.45, 2.75) is 84.0 Å². The molecular formula is C37H41F3N6O2Si. The monoisotopic (exact) mass is 686 g/mol. The molecule has 2 N–H and O–H groups in total. The molecular weight excluding hydrogens is 646 g/mol. The number of hydrogen-bond acceptors (Lipinski definition) is 4. The minimum absolute atomic E-state index is 0.0665. The summed E-state index contributed by atoms with van der Waals surface area (Å²) >= 11 is 0. The number of fused-ring (bicyclic) bond motifs is 2. The van der Waals surface area contributed by atoms with Crippen LogP contribution in [-0.4, -0.2) is 42.8 Å². The molecule has 6 rings (SSSR count). The second-order valence-corrected chi connectivity index (χ2v) is 22.3. The van der Waals surface area contributed by atoms with Crippen LogP contribution < -0.4 is 5.56 Å². The average Bonchev–Trinajstić information content (AvgIpc) is 3.70. The van der Waals surface area contributed by atoms with Gasteiger partial charge in [-0.15, -0.1) is 0 Å². The van der Waals surface area contributed by atoms with E-state index in [-0.39, 0.29) is 38.1 Å². The molecule has 12 heteroatoms. The van der Waals surface area contributed by atoms with Crippen LogP contribution in [-0.2, 0) is 6.54 Å². The molecule has 8 nitrogen and oxygen atoms in total. The fourth-order valence-corrected chi connectivity index (χ4v) is 18.7. The molecule has 49 heavy (non-hydrogen) atoms. The second-order valence-electron chi connectivity index (χ2n) is 15.9. The van der Waals surface area contributed by atoms with Gasteiger partial charge in [-0.25, -0.2) is 23.1 Å². The standard InChI is InChI=1S/C37H41F3N6O2Si/c1-35(2,3)49(36(4,5)6,37(7,8)9)46-13-10-21(19-46)22-14-28-33(42-17-22)44-29(43-28)20-45-12-11-24-25(18-41-31(24)34(45)48)32(47)30-26(39)15-23(38)16-27(30)40/h10-19,41H,20H2,1-9H3,(H,42,43,44). The van der Waals surface area contributed by atoms with Crippen LogP contribution in [0.1, 0.15) is 84.1 Å². The number of benzene rings is 1. The van der Waals surface area contributed by atoms with Crippen molar-refractivity contribution in [1.29, 1.82) is 0 Å². The van der Waals surface area contributed by atoms with Gasteiger partial charge in [-0.05, 0) is 39.5 Å². The predicted octanol–water partition coefficient (Wildman–Crippen LogP) is 8.96. The molecule has 0 amide bonds. The smallest absolute Gasteiger partial charge is 0.275 e. The van der Waals surface area contributed by atoms with Gasteiger partial charge in [-0.3, -0.25) is 9.59 Å². The third-order valence-corrected chi connectivity index (χ3v) is 17.2. The number of H-pyrrole nitrogens is 2. The maximum absolute atomic E-state index is 14.3. The Hall–Kier alpha value is -4.71. The highest BCUT2D eigenvalue weighted by atomic mass is 28.3. The fourth-order valence-electron chi connectivity index (χ4n) is 9.02. The number of nitrogens with one attached hydrogen (secondary N) is 2. The highest BCUT2D eigenvalue weighted by Gasteiger charge is 2.61. The van der Waals surface area contributed by atoms with E-state index in [9.17, 15) is 22.8 Å². The number of pyridine rings is 2. The SMILES string of the molecule is CC(C)(C)[Si](n1ccc(-c2cnc3nc(Cn4ccc5c(C(=O)c6c(F)cc(F)cc6F)c[nH]c5c4=O)[nH]c3c2)c1)(C(C)(C)C)C(C)(C)C. The number of ketones is 1. The molecule has 0 fully saturated rings. The van der Waals surface area contributed by atoms with E-state index in [1.165, 1.54) is 23.0 Å². The lowest BCUT2D eigenvalue weighted by atomic mass is 10.0. The second kappa shape index (κ2) is 11.4. The Balaban J connectivity index is 1.31. The first-order chi connectivity index (χ1) is 22.7. The molecule has 256 valence electrons. The topological polar surface area (TPSA) is 101 Å². The number of rotatable bonds is 6. The summed E-state index contributed by atoms with van der Waals surface area (Å²) in [6, 6.07) is 6.56. The minimum Gasteiger partial charge on any atom is -0.378 e. The van der Waals surface area contributed by atoms with E-state index in [0.717, 1.165) is 16.6 Å². The average molecular weight is 687 g/mol. The lowest BCUT2D eigenvalue weighted by Crippen LogP contribution is -2.63. The lowest BCUT2D eigenvalue weighted by Gasteiger charge is -2.59. The van der Waals surface area contributed by atoms with Gasteiger partial charge in [0.15, 0.2) is 13.9 Å². The van der Waals surface area contributed by atoms with Gasteiger partial charge < -0.3 is 18.8 Å².